The number of hydrogen-bond acceptors (Lipinski definition) is 12. The largest absolute Gasteiger partial charge is 0.383 e. The molecule has 0 aromatic heterocycles. The van der Waals surface area contributed by atoms with Crippen LogP contribution in [0.5, 0.6) is 0 Å². The summed E-state index contributed by atoms with van der Waals surface area (Å²) < 4.78 is 21.4. The fraction of sp³-hybridized carbons (Fsp3) is 0. The Bertz CT molecular complexity index is 1900. The molecule has 4 aromatic rings. The molecule has 4 aromatic carbocycles. The molecular formula is C34H28N8O12. The van der Waals surface area contributed by atoms with E-state index in [0.717, 1.165) is 24.3 Å². The van der Waals surface area contributed by atoms with E-state index in [-0.39, 0.29) is 22.7 Å². The van der Waals surface area contributed by atoms with Crippen molar-refractivity contribution in [3.8, 4) is 0 Å². The summed E-state index contributed by atoms with van der Waals surface area (Å²) in [6.07, 6.45) is 0. The van der Waals surface area contributed by atoms with E-state index in [2.05, 4.69) is 21.3 Å². The lowest BCUT2D eigenvalue weighted by molar-refractivity contribution is -0.0131. The number of benzene rings is 4. The van der Waals surface area contributed by atoms with Crippen LogP contribution in [-0.4, -0.2) is 48.0 Å². The number of amides is 8. The number of carbonyl (C=O) groups excluding carboxylic acids is 8. The number of esters is 4. The first-order chi connectivity index (χ1) is 25.7. The number of rotatable bonds is 12. The number of nitrogens with one attached hydrogen (secondary N) is 4. The molecule has 0 aliphatic rings. The van der Waals surface area contributed by atoms with Gasteiger partial charge in [0.05, 0.1) is 45.0 Å². The molecule has 0 unspecified atom stereocenters. The Kier molecular flexibility index (Phi) is 12.4. The van der Waals surface area contributed by atoms with Gasteiger partial charge in [0, 0.05) is 0 Å². The lowest BCUT2D eigenvalue weighted by Crippen LogP contribution is -2.24. The molecule has 0 atom stereocenters. The predicted molar refractivity (Wildman–Crippen MR) is 187 cm³/mol. The van der Waals surface area contributed by atoms with Gasteiger partial charge in [-0.3, -0.25) is 0 Å². The average molecular weight is 741 g/mol. The van der Waals surface area contributed by atoms with Crippen molar-refractivity contribution in [3.63, 3.8) is 0 Å². The van der Waals surface area contributed by atoms with E-state index in [1.165, 1.54) is 72.8 Å². The Balaban J connectivity index is 1.92. The third-order valence-corrected chi connectivity index (χ3v) is 6.53. The smallest absolute Gasteiger partial charge is 0.381 e. The average Bonchev–Trinajstić information content (AvgIpc) is 3.10. The molecule has 54 heavy (non-hydrogen) atoms. The van der Waals surface area contributed by atoms with E-state index in [0.29, 0.717) is 0 Å². The molecule has 20 nitrogen and oxygen atoms in total. The highest BCUT2D eigenvalue weighted by Crippen LogP contribution is 2.27. The van der Waals surface area contributed by atoms with Crippen molar-refractivity contribution in [2.45, 2.75) is 0 Å². The van der Waals surface area contributed by atoms with Crippen molar-refractivity contribution in [1.29, 1.82) is 0 Å². The van der Waals surface area contributed by atoms with E-state index >= 15 is 0 Å². The summed E-state index contributed by atoms with van der Waals surface area (Å²) in [6.45, 7) is 0. The van der Waals surface area contributed by atoms with Gasteiger partial charge in [-0.25, -0.2) is 38.4 Å². The van der Waals surface area contributed by atoms with Gasteiger partial charge in [0.25, 0.3) is 0 Å². The minimum absolute atomic E-state index is 0.190. The van der Waals surface area contributed by atoms with Crippen molar-refractivity contribution in [2.24, 2.45) is 22.9 Å². The molecule has 0 saturated carbocycles. The SMILES string of the molecule is NC(=O)Nc1ccccc1C(=O)OC(OC(=O)c1ccccc1NC(N)=O)=C(OC(=O)c1ccccc1NC(N)=O)OC(=O)c1ccccc1NC(N)=O. The van der Waals surface area contributed by atoms with E-state index in [4.69, 9.17) is 41.9 Å². The summed E-state index contributed by atoms with van der Waals surface area (Å²) in [4.78, 5) is 101. The van der Waals surface area contributed by atoms with Crippen molar-refractivity contribution >= 4 is 70.8 Å². The van der Waals surface area contributed by atoms with E-state index in [1.807, 2.05) is 0 Å². The maximum absolute atomic E-state index is 13.6. The number of ether oxygens (including phenoxy) is 4. The summed E-state index contributed by atoms with van der Waals surface area (Å²) in [5.41, 5.74) is 18.5. The van der Waals surface area contributed by atoms with Gasteiger partial charge in [-0.1, -0.05) is 48.5 Å². The molecule has 8 amide bonds. The second kappa shape index (κ2) is 17.5. The van der Waals surface area contributed by atoms with E-state index in [9.17, 15) is 38.4 Å². The maximum Gasteiger partial charge on any atom is 0.381 e. The second-order valence-corrected chi connectivity index (χ2v) is 10.3. The number of nitrogens with two attached hydrogens (primary N) is 4. The number of urea groups is 4. The third kappa shape index (κ3) is 10.3. The van der Waals surface area contributed by atoms with Crippen LogP contribution < -0.4 is 44.2 Å². The maximum atomic E-state index is 13.6. The normalized spacial score (nSPS) is 10.0. The van der Waals surface area contributed by atoms with Gasteiger partial charge in [0.15, 0.2) is 0 Å². The van der Waals surface area contributed by atoms with Crippen molar-refractivity contribution < 1.29 is 57.3 Å². The van der Waals surface area contributed by atoms with Crippen LogP contribution in [0.15, 0.2) is 109 Å². The molecule has 0 aliphatic carbocycles. The summed E-state index contributed by atoms with van der Waals surface area (Å²) in [6, 6.07) is 16.5. The minimum Gasteiger partial charge on any atom is -0.383 e. The van der Waals surface area contributed by atoms with Crippen LogP contribution in [0.3, 0.4) is 0 Å². The van der Waals surface area contributed by atoms with Crippen LogP contribution in [0.2, 0.25) is 0 Å². The molecule has 0 heterocycles. The highest BCUT2D eigenvalue weighted by atomic mass is 16.8. The van der Waals surface area contributed by atoms with E-state index < -0.39 is 82.1 Å². The first kappa shape index (κ1) is 38.4. The van der Waals surface area contributed by atoms with Crippen molar-refractivity contribution in [2.75, 3.05) is 21.3 Å². The Morgan fingerprint density at radius 2 is 0.519 bits per heavy atom. The van der Waals surface area contributed by atoms with Gasteiger partial charge >= 0.3 is 59.9 Å². The summed E-state index contributed by atoms with van der Waals surface area (Å²) in [5, 5.41) is 8.81. The minimum atomic E-state index is -1.40. The zero-order valence-corrected chi connectivity index (χ0v) is 27.4. The van der Waals surface area contributed by atoms with Crippen LogP contribution in [-0.2, 0) is 18.9 Å². The first-order valence-corrected chi connectivity index (χ1v) is 15.0. The lowest BCUT2D eigenvalue weighted by atomic mass is 10.2. The van der Waals surface area contributed by atoms with Crippen LogP contribution in [0.1, 0.15) is 41.4 Å². The molecule has 12 N–H and O–H groups in total. The van der Waals surface area contributed by atoms with Gasteiger partial charge < -0.3 is 63.1 Å². The van der Waals surface area contributed by atoms with Crippen LogP contribution in [0, 0.1) is 0 Å². The first-order valence-electron chi connectivity index (χ1n) is 15.0. The lowest BCUT2D eigenvalue weighted by Gasteiger charge is -2.17. The zero-order chi connectivity index (χ0) is 39.4. The van der Waals surface area contributed by atoms with Crippen molar-refractivity contribution in [1.82, 2.24) is 0 Å². The number of anilines is 4. The second-order valence-electron chi connectivity index (χ2n) is 10.3. The number of para-hydroxylation sites is 4. The molecule has 20 heteroatoms. The number of carbonyl (C=O) groups is 8. The number of hydrogen-bond donors (Lipinski definition) is 8. The summed E-state index contributed by atoms with van der Waals surface area (Å²) in [5.74, 6) is -8.39. The highest BCUT2D eigenvalue weighted by Gasteiger charge is 2.31. The summed E-state index contributed by atoms with van der Waals surface area (Å²) in [7, 11) is 0. The fourth-order valence-corrected chi connectivity index (χ4v) is 4.38. The third-order valence-electron chi connectivity index (χ3n) is 6.53. The molecule has 4 rings (SSSR count). The molecule has 0 aliphatic heterocycles. The zero-order valence-electron chi connectivity index (χ0n) is 27.4. The standard InChI is InChI=1S/C34H28N8O12/c35-31(47)39-21-13-5-1-9-17(21)25(43)51-29(52-26(44)18-10-2-6-14-22(18)40-32(36)48)30(53-27(45)19-11-3-7-15-23(19)41-33(37)49)54-28(46)20-12-4-8-16-24(20)42-34(38)50/h1-16H,(H3,35,39,47)(H3,36,40,48)(H3,37,41,49)(H3,38,42,50). The Morgan fingerprint density at radius 1 is 0.333 bits per heavy atom. The highest BCUT2D eigenvalue weighted by molar-refractivity contribution is 6.04. The molecular weight excluding hydrogens is 712 g/mol. The van der Waals surface area contributed by atoms with Gasteiger partial charge in [-0.2, -0.15) is 0 Å². The van der Waals surface area contributed by atoms with Crippen molar-refractivity contribution in [3.05, 3.63) is 131 Å². The molecule has 0 bridgehead atoms. The van der Waals surface area contributed by atoms with E-state index in [1.54, 1.807) is 0 Å². The monoisotopic (exact) mass is 740 g/mol. The Morgan fingerprint density at radius 3 is 0.704 bits per heavy atom. The molecule has 0 spiro atoms. The van der Waals surface area contributed by atoms with Gasteiger partial charge in [0.1, 0.15) is 0 Å². The molecule has 0 saturated heterocycles. The van der Waals surface area contributed by atoms with Gasteiger partial charge in [-0.15, -0.1) is 0 Å². The van der Waals surface area contributed by atoms with Gasteiger partial charge in [0.2, 0.25) is 0 Å². The fourth-order valence-electron chi connectivity index (χ4n) is 4.38. The van der Waals surface area contributed by atoms with Crippen LogP contribution in [0.25, 0.3) is 0 Å². The number of primary amides is 4. The van der Waals surface area contributed by atoms with Crippen LogP contribution >= 0.6 is 0 Å². The molecule has 0 fully saturated rings. The molecule has 276 valence electrons. The summed E-state index contributed by atoms with van der Waals surface area (Å²) >= 11 is 0. The predicted octanol–water partition coefficient (Wildman–Crippen LogP) is 3.50. The van der Waals surface area contributed by atoms with Gasteiger partial charge in [-0.05, 0) is 48.5 Å². The van der Waals surface area contributed by atoms with Crippen LogP contribution in [0.4, 0.5) is 41.9 Å². The molecule has 0 radical (unpaired) electrons. The quantitative estimate of drug-likeness (QED) is 0.0764. The Labute approximate surface area is 303 Å². The Hall–Kier alpha value is -8.42. The topological polar surface area (TPSA) is 326 Å².